The summed E-state index contributed by atoms with van der Waals surface area (Å²) >= 11 is 0. The Bertz CT molecular complexity index is 905. The zero-order valence-electron chi connectivity index (χ0n) is 14.6. The molecule has 0 radical (unpaired) electrons. The minimum Gasteiger partial charge on any atom is -0.362 e. The van der Waals surface area contributed by atoms with Crippen LogP contribution in [0.2, 0.25) is 0 Å². The molecule has 2 aromatic heterocycles. The predicted molar refractivity (Wildman–Crippen MR) is 91.8 cm³/mol. The summed E-state index contributed by atoms with van der Waals surface area (Å²) in [5, 5.41) is 8.05. The van der Waals surface area contributed by atoms with E-state index in [4.69, 9.17) is 9.26 Å². The van der Waals surface area contributed by atoms with E-state index in [1.807, 2.05) is 43.5 Å². The highest BCUT2D eigenvalue weighted by Crippen LogP contribution is 2.26. The van der Waals surface area contributed by atoms with E-state index in [2.05, 4.69) is 15.2 Å². The molecule has 0 aliphatic carbocycles. The molecular formula is C18H19N5O3. The lowest BCUT2D eigenvalue weighted by Gasteiger charge is -2.35. The van der Waals surface area contributed by atoms with Crippen molar-refractivity contribution in [2.75, 3.05) is 13.1 Å². The number of hydrogen-bond acceptors (Lipinski definition) is 6. The Hall–Kier alpha value is -3.00. The molecule has 0 unspecified atom stereocenters. The van der Waals surface area contributed by atoms with Crippen molar-refractivity contribution < 1.29 is 14.1 Å². The van der Waals surface area contributed by atoms with Gasteiger partial charge < -0.3 is 14.2 Å². The fraction of sp³-hybridized carbons (Fsp3) is 0.333. The van der Waals surface area contributed by atoms with Crippen LogP contribution < -0.4 is 0 Å². The van der Waals surface area contributed by atoms with Crippen molar-refractivity contribution in [3.8, 4) is 5.69 Å². The molecule has 26 heavy (non-hydrogen) atoms. The third kappa shape index (κ3) is 3.11. The van der Waals surface area contributed by atoms with E-state index in [1.165, 1.54) is 0 Å². The number of hydrogen-bond donors (Lipinski definition) is 0. The molecule has 0 spiro atoms. The van der Waals surface area contributed by atoms with Crippen LogP contribution in [-0.2, 0) is 4.74 Å². The van der Waals surface area contributed by atoms with Crippen molar-refractivity contribution in [3.05, 3.63) is 60.0 Å². The summed E-state index contributed by atoms with van der Waals surface area (Å²) < 4.78 is 12.8. The molecule has 4 rings (SSSR count). The van der Waals surface area contributed by atoms with Gasteiger partial charge in [0.2, 0.25) is 0 Å². The molecule has 0 saturated carbocycles. The van der Waals surface area contributed by atoms with Gasteiger partial charge in [-0.2, -0.15) is 10.1 Å². The van der Waals surface area contributed by atoms with E-state index < -0.39 is 6.10 Å². The molecule has 1 amide bonds. The Labute approximate surface area is 150 Å². The van der Waals surface area contributed by atoms with Gasteiger partial charge in [0.1, 0.15) is 0 Å². The molecule has 3 heterocycles. The van der Waals surface area contributed by atoms with Crippen molar-refractivity contribution in [2.45, 2.75) is 26.1 Å². The Morgan fingerprint density at radius 1 is 1.23 bits per heavy atom. The predicted octanol–water partition coefficient (Wildman–Crippen LogP) is 2.17. The molecule has 1 fully saturated rings. The number of carbonyl (C=O) groups is 1. The lowest BCUT2D eigenvalue weighted by atomic mass is 10.1. The fourth-order valence-corrected chi connectivity index (χ4v) is 3.13. The van der Waals surface area contributed by atoms with Crippen molar-refractivity contribution in [2.24, 2.45) is 0 Å². The number of para-hydroxylation sites is 1. The number of benzene rings is 1. The summed E-state index contributed by atoms with van der Waals surface area (Å²) in [6, 6.07) is 9.25. The lowest BCUT2D eigenvalue weighted by Crippen LogP contribution is -2.46. The zero-order chi connectivity index (χ0) is 18.1. The SMILES string of the molecule is Cc1noc([C@H]2CN(C(=O)c3ccccc3-n3cccn3)C[C@@H](C)O2)n1. The van der Waals surface area contributed by atoms with Crippen molar-refractivity contribution in [3.63, 3.8) is 0 Å². The van der Waals surface area contributed by atoms with Crippen molar-refractivity contribution in [1.29, 1.82) is 0 Å². The monoisotopic (exact) mass is 353 g/mol. The van der Waals surface area contributed by atoms with Gasteiger partial charge in [0.15, 0.2) is 11.9 Å². The number of rotatable bonds is 3. The number of ether oxygens (including phenoxy) is 1. The number of carbonyl (C=O) groups excluding carboxylic acids is 1. The third-order valence-electron chi connectivity index (χ3n) is 4.25. The first-order valence-electron chi connectivity index (χ1n) is 8.46. The molecule has 1 saturated heterocycles. The average Bonchev–Trinajstić information content (AvgIpc) is 3.32. The minimum atomic E-state index is -0.430. The number of amides is 1. The number of morpholine rings is 1. The Kier molecular flexibility index (Phi) is 4.26. The molecule has 0 bridgehead atoms. The summed E-state index contributed by atoms with van der Waals surface area (Å²) in [5.74, 6) is 0.864. The van der Waals surface area contributed by atoms with Gasteiger partial charge in [-0.25, -0.2) is 4.68 Å². The van der Waals surface area contributed by atoms with E-state index in [1.54, 1.807) is 22.7 Å². The molecular weight excluding hydrogens is 334 g/mol. The van der Waals surface area contributed by atoms with Crippen LogP contribution in [0.3, 0.4) is 0 Å². The Morgan fingerprint density at radius 3 is 2.81 bits per heavy atom. The first-order chi connectivity index (χ1) is 12.6. The van der Waals surface area contributed by atoms with E-state index >= 15 is 0 Å². The van der Waals surface area contributed by atoms with E-state index in [0.29, 0.717) is 30.4 Å². The fourth-order valence-electron chi connectivity index (χ4n) is 3.13. The maximum absolute atomic E-state index is 13.2. The average molecular weight is 353 g/mol. The Morgan fingerprint density at radius 2 is 2.08 bits per heavy atom. The summed E-state index contributed by atoms with van der Waals surface area (Å²) in [5.41, 5.74) is 1.33. The van der Waals surface area contributed by atoms with Crippen LogP contribution in [0, 0.1) is 6.92 Å². The minimum absolute atomic E-state index is 0.0764. The first-order valence-corrected chi connectivity index (χ1v) is 8.46. The van der Waals surface area contributed by atoms with Crippen LogP contribution in [0.4, 0.5) is 0 Å². The van der Waals surface area contributed by atoms with E-state index in [0.717, 1.165) is 5.69 Å². The maximum atomic E-state index is 13.2. The van der Waals surface area contributed by atoms with Crippen molar-refractivity contribution in [1.82, 2.24) is 24.8 Å². The summed E-state index contributed by atoms with van der Waals surface area (Å²) in [6.45, 7) is 4.53. The smallest absolute Gasteiger partial charge is 0.257 e. The highest BCUT2D eigenvalue weighted by Gasteiger charge is 2.33. The normalized spacial score (nSPS) is 20.3. The quantitative estimate of drug-likeness (QED) is 0.717. The molecule has 1 aliphatic heterocycles. The highest BCUT2D eigenvalue weighted by atomic mass is 16.5. The van der Waals surface area contributed by atoms with Gasteiger partial charge in [0, 0.05) is 18.9 Å². The van der Waals surface area contributed by atoms with Gasteiger partial charge in [0.05, 0.1) is 23.9 Å². The van der Waals surface area contributed by atoms with Gasteiger partial charge in [-0.15, -0.1) is 0 Å². The van der Waals surface area contributed by atoms with E-state index in [9.17, 15) is 4.79 Å². The summed E-state index contributed by atoms with van der Waals surface area (Å²) in [7, 11) is 0. The van der Waals surface area contributed by atoms with Gasteiger partial charge in [-0.05, 0) is 32.0 Å². The second kappa shape index (κ2) is 6.72. The van der Waals surface area contributed by atoms with Gasteiger partial charge in [0.25, 0.3) is 11.8 Å². The largest absolute Gasteiger partial charge is 0.362 e. The molecule has 8 heteroatoms. The van der Waals surface area contributed by atoms with Crippen LogP contribution in [0.5, 0.6) is 0 Å². The molecule has 2 atom stereocenters. The standard InChI is InChI=1S/C18H19N5O3/c1-12-10-22(11-16(25-12)17-20-13(2)21-26-17)18(24)14-6-3-4-7-15(14)23-9-5-8-19-23/h3-9,12,16H,10-11H2,1-2H3/t12-,16-/m1/s1. The van der Waals surface area contributed by atoms with Gasteiger partial charge >= 0.3 is 0 Å². The topological polar surface area (TPSA) is 86.3 Å². The van der Waals surface area contributed by atoms with Gasteiger partial charge in [-0.3, -0.25) is 4.79 Å². The molecule has 1 aromatic carbocycles. The van der Waals surface area contributed by atoms with Crippen LogP contribution in [-0.4, -0.2) is 49.9 Å². The molecule has 1 aliphatic rings. The lowest BCUT2D eigenvalue weighted by molar-refractivity contribution is -0.0810. The van der Waals surface area contributed by atoms with Crippen molar-refractivity contribution >= 4 is 5.91 Å². The molecule has 8 nitrogen and oxygen atoms in total. The van der Waals surface area contributed by atoms with Crippen LogP contribution in [0.15, 0.2) is 47.2 Å². The first kappa shape index (κ1) is 16.5. The molecule has 0 N–H and O–H groups in total. The number of aromatic nitrogens is 4. The number of nitrogens with zero attached hydrogens (tertiary/aromatic N) is 5. The maximum Gasteiger partial charge on any atom is 0.257 e. The third-order valence-corrected chi connectivity index (χ3v) is 4.25. The highest BCUT2D eigenvalue weighted by molar-refractivity contribution is 5.97. The second-order valence-electron chi connectivity index (χ2n) is 6.29. The molecule has 3 aromatic rings. The number of aryl methyl sites for hydroxylation is 1. The second-order valence-corrected chi connectivity index (χ2v) is 6.29. The van der Waals surface area contributed by atoms with E-state index in [-0.39, 0.29) is 12.0 Å². The summed E-state index contributed by atoms with van der Waals surface area (Å²) in [6.07, 6.45) is 2.94. The van der Waals surface area contributed by atoms with Crippen LogP contribution in [0.25, 0.3) is 5.69 Å². The zero-order valence-corrected chi connectivity index (χ0v) is 14.6. The van der Waals surface area contributed by atoms with Gasteiger partial charge in [-0.1, -0.05) is 17.3 Å². The summed E-state index contributed by atoms with van der Waals surface area (Å²) in [4.78, 5) is 19.2. The molecule has 134 valence electrons. The Balaban J connectivity index is 1.62. The van der Waals surface area contributed by atoms with Crippen LogP contribution in [0.1, 0.15) is 35.1 Å². The van der Waals surface area contributed by atoms with Crippen LogP contribution >= 0.6 is 0 Å².